The van der Waals surface area contributed by atoms with Crippen molar-refractivity contribution in [3.63, 3.8) is 0 Å². The van der Waals surface area contributed by atoms with Gasteiger partial charge in [-0.1, -0.05) is 6.07 Å². The second kappa shape index (κ2) is 8.26. The quantitative estimate of drug-likeness (QED) is 0.887. The second-order valence-corrected chi connectivity index (χ2v) is 6.47. The molecular weight excluding hydrogens is 359 g/mol. The van der Waals surface area contributed by atoms with E-state index in [4.69, 9.17) is 4.74 Å². The van der Waals surface area contributed by atoms with Crippen LogP contribution in [0.2, 0.25) is 0 Å². The number of pyridine rings is 2. The molecule has 0 atom stereocenters. The second-order valence-electron chi connectivity index (χ2n) is 4.92. The van der Waals surface area contributed by atoms with Crippen molar-refractivity contribution in [3.8, 4) is 17.1 Å². The molecule has 0 amide bonds. The molecule has 0 bridgehead atoms. The number of ether oxygens (including phenoxy) is 1. The van der Waals surface area contributed by atoms with E-state index in [0.29, 0.717) is 6.61 Å². The van der Waals surface area contributed by atoms with E-state index in [2.05, 4.69) is 15.1 Å². The third-order valence-corrected chi connectivity index (χ3v) is 3.36. The summed E-state index contributed by atoms with van der Waals surface area (Å²) in [5.74, 6) is 0.846. The molecule has 0 aromatic carbocycles. The maximum Gasteiger partial charge on any atom is 0.511 e. The Bertz CT molecular complexity index is 824. The molecule has 0 saturated heterocycles. The highest BCUT2D eigenvalue weighted by molar-refractivity contribution is 7.90. The zero-order chi connectivity index (χ0) is 19.3. The van der Waals surface area contributed by atoms with Gasteiger partial charge in [-0.25, -0.2) is 13.6 Å². The molecule has 25 heavy (non-hydrogen) atoms. The van der Waals surface area contributed by atoms with Gasteiger partial charge < -0.3 is 4.74 Å². The molecule has 2 heterocycles. The summed E-state index contributed by atoms with van der Waals surface area (Å²) in [5, 5.41) is 3.66. The summed E-state index contributed by atoms with van der Waals surface area (Å²) in [7, 11) is -5.34. The SMILES string of the molecule is CCOc1cc(C)nc(-c2cccc(C)n2)c1.NS(=O)(=O)C(F)(F)F. The van der Waals surface area contributed by atoms with Gasteiger partial charge in [-0.3, -0.25) is 9.97 Å². The number of nitrogens with two attached hydrogens (primary N) is 1. The summed E-state index contributed by atoms with van der Waals surface area (Å²) in [6.45, 7) is 6.56. The minimum Gasteiger partial charge on any atom is -0.494 e. The highest BCUT2D eigenvalue weighted by Gasteiger charge is 2.42. The van der Waals surface area contributed by atoms with E-state index in [1.807, 2.05) is 51.1 Å². The molecular formula is C15H18F3N3O3S. The maximum absolute atomic E-state index is 10.8. The van der Waals surface area contributed by atoms with Gasteiger partial charge in [0, 0.05) is 23.5 Å². The number of rotatable bonds is 3. The predicted octanol–water partition coefficient (Wildman–Crippen LogP) is 2.95. The predicted molar refractivity (Wildman–Crippen MR) is 87.3 cm³/mol. The van der Waals surface area contributed by atoms with Crippen molar-refractivity contribution in [3.05, 3.63) is 41.7 Å². The Morgan fingerprint density at radius 2 is 1.64 bits per heavy atom. The van der Waals surface area contributed by atoms with Gasteiger partial charge in [-0.15, -0.1) is 0 Å². The molecule has 2 aromatic rings. The van der Waals surface area contributed by atoms with E-state index in [9.17, 15) is 21.6 Å². The van der Waals surface area contributed by atoms with Crippen LogP contribution in [-0.4, -0.2) is 30.5 Å². The lowest BCUT2D eigenvalue weighted by molar-refractivity contribution is -0.0436. The molecule has 6 nitrogen and oxygen atoms in total. The number of hydrogen-bond acceptors (Lipinski definition) is 5. The van der Waals surface area contributed by atoms with Crippen LogP contribution in [0, 0.1) is 13.8 Å². The smallest absolute Gasteiger partial charge is 0.494 e. The first-order valence-electron chi connectivity index (χ1n) is 7.08. The number of sulfonamides is 1. The van der Waals surface area contributed by atoms with Crippen molar-refractivity contribution in [2.45, 2.75) is 26.3 Å². The van der Waals surface area contributed by atoms with E-state index in [1.54, 1.807) is 0 Å². The van der Waals surface area contributed by atoms with Crippen LogP contribution in [0.4, 0.5) is 13.2 Å². The van der Waals surface area contributed by atoms with Gasteiger partial charge in [0.05, 0.1) is 18.0 Å². The summed E-state index contributed by atoms with van der Waals surface area (Å²) >= 11 is 0. The van der Waals surface area contributed by atoms with Gasteiger partial charge in [-0.05, 0) is 32.9 Å². The van der Waals surface area contributed by atoms with Crippen molar-refractivity contribution in [2.75, 3.05) is 6.61 Å². The van der Waals surface area contributed by atoms with Crippen molar-refractivity contribution in [1.82, 2.24) is 9.97 Å². The zero-order valence-corrected chi connectivity index (χ0v) is 14.6. The fourth-order valence-electron chi connectivity index (χ4n) is 1.70. The first-order chi connectivity index (χ1) is 11.4. The molecule has 2 aromatic heterocycles. The molecule has 2 N–H and O–H groups in total. The van der Waals surface area contributed by atoms with E-state index >= 15 is 0 Å². The first kappa shape index (κ1) is 20.8. The van der Waals surface area contributed by atoms with E-state index in [1.165, 1.54) is 0 Å². The number of nitrogens with zero attached hydrogens (tertiary/aromatic N) is 2. The fourth-order valence-corrected chi connectivity index (χ4v) is 1.70. The van der Waals surface area contributed by atoms with E-state index in [0.717, 1.165) is 28.5 Å². The minimum absolute atomic E-state index is 0.657. The summed E-state index contributed by atoms with van der Waals surface area (Å²) in [6, 6.07) is 9.79. The molecule has 0 spiro atoms. The minimum atomic E-state index is -5.34. The topological polar surface area (TPSA) is 95.2 Å². The largest absolute Gasteiger partial charge is 0.511 e. The van der Waals surface area contributed by atoms with Crippen LogP contribution in [0.25, 0.3) is 11.4 Å². The highest BCUT2D eigenvalue weighted by atomic mass is 32.2. The van der Waals surface area contributed by atoms with Crippen molar-refractivity contribution < 1.29 is 26.3 Å². The molecule has 0 aliphatic heterocycles. The van der Waals surface area contributed by atoms with E-state index in [-0.39, 0.29) is 0 Å². The van der Waals surface area contributed by atoms with Crippen LogP contribution >= 0.6 is 0 Å². The molecule has 10 heteroatoms. The third-order valence-electron chi connectivity index (χ3n) is 2.71. The number of alkyl halides is 3. The standard InChI is InChI=1S/C14H16N2O.CH2F3NO2S/c1-4-17-12-8-11(3)16-14(9-12)13-7-5-6-10(2)15-13;2-1(3,4)8(5,6)7/h5-9H,4H2,1-3H3;(H2,5,6,7). The van der Waals surface area contributed by atoms with Gasteiger partial charge >= 0.3 is 15.5 Å². The van der Waals surface area contributed by atoms with Gasteiger partial charge in [-0.2, -0.15) is 13.2 Å². The number of aryl methyl sites for hydroxylation is 2. The Labute approximate surface area is 143 Å². The fraction of sp³-hybridized carbons (Fsp3) is 0.333. The molecule has 0 unspecified atom stereocenters. The molecule has 0 aliphatic rings. The molecule has 0 radical (unpaired) electrons. The monoisotopic (exact) mass is 377 g/mol. The number of aromatic nitrogens is 2. The number of hydrogen-bond donors (Lipinski definition) is 1. The Kier molecular flexibility index (Phi) is 6.88. The van der Waals surface area contributed by atoms with Crippen LogP contribution in [0.5, 0.6) is 5.75 Å². The normalized spacial score (nSPS) is 11.5. The molecule has 138 valence electrons. The first-order valence-corrected chi connectivity index (χ1v) is 8.63. The summed E-state index contributed by atoms with van der Waals surface area (Å²) in [5.41, 5.74) is -1.64. The Morgan fingerprint density at radius 1 is 1.08 bits per heavy atom. The maximum atomic E-state index is 10.8. The van der Waals surface area contributed by atoms with E-state index < -0.39 is 15.5 Å². The lowest BCUT2D eigenvalue weighted by atomic mass is 10.2. The summed E-state index contributed by atoms with van der Waals surface area (Å²) in [6.07, 6.45) is 0. The van der Waals surface area contributed by atoms with Crippen molar-refractivity contribution in [2.24, 2.45) is 5.14 Å². The Morgan fingerprint density at radius 3 is 2.12 bits per heavy atom. The van der Waals surface area contributed by atoms with Gasteiger partial charge in [0.15, 0.2) is 0 Å². The lowest BCUT2D eigenvalue weighted by Crippen LogP contribution is -2.30. The summed E-state index contributed by atoms with van der Waals surface area (Å²) in [4.78, 5) is 8.95. The van der Waals surface area contributed by atoms with Crippen molar-refractivity contribution >= 4 is 10.0 Å². The van der Waals surface area contributed by atoms with Crippen molar-refractivity contribution in [1.29, 1.82) is 0 Å². The average molecular weight is 377 g/mol. The lowest BCUT2D eigenvalue weighted by Gasteiger charge is -2.07. The molecule has 0 aliphatic carbocycles. The molecule has 0 saturated carbocycles. The van der Waals surface area contributed by atoms with Gasteiger partial charge in [0.2, 0.25) is 0 Å². The summed E-state index contributed by atoms with van der Waals surface area (Å²) < 4.78 is 56.7. The van der Waals surface area contributed by atoms with Crippen LogP contribution in [0.15, 0.2) is 30.3 Å². The number of primary sulfonamides is 1. The number of halogens is 3. The van der Waals surface area contributed by atoms with Crippen LogP contribution in [0.1, 0.15) is 18.3 Å². The third kappa shape index (κ3) is 6.67. The molecule has 0 fully saturated rings. The Hall–Kier alpha value is -2.20. The zero-order valence-electron chi connectivity index (χ0n) is 13.8. The Balaban J connectivity index is 0.000000333. The average Bonchev–Trinajstić information content (AvgIpc) is 2.45. The van der Waals surface area contributed by atoms with Gasteiger partial charge in [0.25, 0.3) is 0 Å². The van der Waals surface area contributed by atoms with Gasteiger partial charge in [0.1, 0.15) is 5.75 Å². The highest BCUT2D eigenvalue weighted by Crippen LogP contribution is 2.22. The molecule has 2 rings (SSSR count). The van der Waals surface area contributed by atoms with Crippen LogP contribution < -0.4 is 9.88 Å². The van der Waals surface area contributed by atoms with Crippen LogP contribution in [-0.2, 0) is 10.0 Å². The van der Waals surface area contributed by atoms with Crippen LogP contribution in [0.3, 0.4) is 0 Å².